The molecule has 2 N–H and O–H groups in total. The van der Waals surface area contributed by atoms with Gasteiger partial charge in [0.25, 0.3) is 0 Å². The highest BCUT2D eigenvalue weighted by Gasteiger charge is 2.16. The summed E-state index contributed by atoms with van der Waals surface area (Å²) in [5, 5.41) is 0. The number of halogens is 1. The monoisotopic (exact) mass is 283 g/mol. The van der Waals surface area contributed by atoms with Gasteiger partial charge < -0.3 is 10.3 Å². The Morgan fingerprint density at radius 2 is 1.95 bits per heavy atom. The lowest BCUT2D eigenvalue weighted by Crippen LogP contribution is -2.16. The Morgan fingerprint density at radius 1 is 1.19 bits per heavy atom. The summed E-state index contributed by atoms with van der Waals surface area (Å²) >= 11 is 0. The SMILES string of the molecule is CCC(N)c1nc2cc(F)ccc2n1Cc1ccccc1. The molecule has 108 valence electrons. The molecule has 0 aliphatic rings. The first-order valence-corrected chi connectivity index (χ1v) is 7.14. The number of fused-ring (bicyclic) bond motifs is 1. The minimum atomic E-state index is -0.275. The van der Waals surface area contributed by atoms with Gasteiger partial charge in [-0.05, 0) is 24.1 Å². The zero-order valence-corrected chi connectivity index (χ0v) is 12.0. The van der Waals surface area contributed by atoms with Crippen molar-refractivity contribution in [3.05, 3.63) is 65.7 Å². The summed E-state index contributed by atoms with van der Waals surface area (Å²) in [5.74, 6) is 0.533. The second-order valence-electron chi connectivity index (χ2n) is 5.19. The number of hydrogen-bond acceptors (Lipinski definition) is 2. The molecule has 4 heteroatoms. The number of rotatable bonds is 4. The van der Waals surface area contributed by atoms with Gasteiger partial charge in [-0.1, -0.05) is 37.3 Å². The molecule has 3 nitrogen and oxygen atoms in total. The van der Waals surface area contributed by atoms with Crippen LogP contribution in [-0.2, 0) is 6.54 Å². The quantitative estimate of drug-likeness (QED) is 0.794. The second kappa shape index (κ2) is 5.66. The first-order valence-electron chi connectivity index (χ1n) is 7.14. The number of imidazole rings is 1. The van der Waals surface area contributed by atoms with E-state index >= 15 is 0 Å². The average Bonchev–Trinajstić information content (AvgIpc) is 2.85. The van der Waals surface area contributed by atoms with E-state index in [2.05, 4.69) is 21.7 Å². The van der Waals surface area contributed by atoms with E-state index in [1.165, 1.54) is 17.7 Å². The van der Waals surface area contributed by atoms with E-state index in [-0.39, 0.29) is 11.9 Å². The fourth-order valence-electron chi connectivity index (χ4n) is 2.52. The van der Waals surface area contributed by atoms with Crippen molar-refractivity contribution in [2.45, 2.75) is 25.9 Å². The molecule has 2 aromatic carbocycles. The Balaban J connectivity index is 2.13. The van der Waals surface area contributed by atoms with Gasteiger partial charge in [-0.2, -0.15) is 0 Å². The third kappa shape index (κ3) is 2.67. The Morgan fingerprint density at radius 3 is 2.67 bits per heavy atom. The summed E-state index contributed by atoms with van der Waals surface area (Å²) < 4.78 is 15.5. The van der Waals surface area contributed by atoms with Crippen molar-refractivity contribution < 1.29 is 4.39 Å². The summed E-state index contributed by atoms with van der Waals surface area (Å²) in [6.45, 7) is 2.71. The molecule has 0 radical (unpaired) electrons. The van der Waals surface area contributed by atoms with Crippen molar-refractivity contribution in [1.29, 1.82) is 0 Å². The lowest BCUT2D eigenvalue weighted by molar-refractivity contribution is 0.605. The van der Waals surface area contributed by atoms with Crippen molar-refractivity contribution in [3.8, 4) is 0 Å². The largest absolute Gasteiger partial charge is 0.322 e. The number of nitrogens with zero attached hydrogens (tertiary/aromatic N) is 2. The van der Waals surface area contributed by atoms with E-state index in [9.17, 15) is 4.39 Å². The van der Waals surface area contributed by atoms with E-state index < -0.39 is 0 Å². The lowest BCUT2D eigenvalue weighted by Gasteiger charge is -2.13. The zero-order chi connectivity index (χ0) is 14.8. The first-order chi connectivity index (χ1) is 10.2. The van der Waals surface area contributed by atoms with Crippen LogP contribution >= 0.6 is 0 Å². The van der Waals surface area contributed by atoms with Crippen LogP contribution in [0.2, 0.25) is 0 Å². The molecule has 1 atom stereocenters. The molecule has 1 unspecified atom stereocenters. The van der Waals surface area contributed by atoms with E-state index in [0.29, 0.717) is 12.1 Å². The Kier molecular flexibility index (Phi) is 3.71. The number of nitrogens with two attached hydrogens (primary N) is 1. The standard InChI is InChI=1S/C17H18FN3/c1-2-14(19)17-20-15-10-13(18)8-9-16(15)21(17)11-12-6-4-3-5-7-12/h3-10,14H,2,11,19H2,1H3. The van der Waals surface area contributed by atoms with Crippen LogP contribution in [0, 0.1) is 5.82 Å². The molecular formula is C17H18FN3. The maximum absolute atomic E-state index is 13.4. The first kappa shape index (κ1) is 13.8. The van der Waals surface area contributed by atoms with Crippen molar-refractivity contribution in [3.63, 3.8) is 0 Å². The van der Waals surface area contributed by atoms with E-state index in [0.717, 1.165) is 17.8 Å². The predicted octanol–water partition coefficient (Wildman–Crippen LogP) is 3.63. The third-order valence-electron chi connectivity index (χ3n) is 3.69. The number of benzene rings is 2. The number of hydrogen-bond donors (Lipinski definition) is 1. The summed E-state index contributed by atoms with van der Waals surface area (Å²) in [7, 11) is 0. The van der Waals surface area contributed by atoms with Gasteiger partial charge in [0.05, 0.1) is 17.1 Å². The Bertz CT molecular complexity index is 749. The van der Waals surface area contributed by atoms with Gasteiger partial charge in [-0.15, -0.1) is 0 Å². The molecule has 0 aliphatic carbocycles. The smallest absolute Gasteiger partial charge is 0.127 e. The van der Waals surface area contributed by atoms with Crippen molar-refractivity contribution in [2.24, 2.45) is 5.73 Å². The highest BCUT2D eigenvalue weighted by Crippen LogP contribution is 2.23. The van der Waals surface area contributed by atoms with Crippen LogP contribution < -0.4 is 5.73 Å². The molecular weight excluding hydrogens is 265 g/mol. The maximum Gasteiger partial charge on any atom is 0.127 e. The van der Waals surface area contributed by atoms with Crippen LogP contribution in [0.15, 0.2) is 48.5 Å². The van der Waals surface area contributed by atoms with Gasteiger partial charge >= 0.3 is 0 Å². The van der Waals surface area contributed by atoms with Gasteiger partial charge in [-0.3, -0.25) is 0 Å². The van der Waals surface area contributed by atoms with Crippen LogP contribution in [0.3, 0.4) is 0 Å². The fourth-order valence-corrected chi connectivity index (χ4v) is 2.52. The minimum absolute atomic E-state index is 0.149. The average molecular weight is 283 g/mol. The molecule has 0 aliphatic heterocycles. The summed E-state index contributed by atoms with van der Waals surface area (Å²) in [6.07, 6.45) is 0.792. The lowest BCUT2D eigenvalue weighted by atomic mass is 10.2. The third-order valence-corrected chi connectivity index (χ3v) is 3.69. The Hall–Kier alpha value is -2.20. The van der Waals surface area contributed by atoms with Crippen molar-refractivity contribution in [1.82, 2.24) is 9.55 Å². The molecule has 0 fully saturated rings. The molecule has 1 heterocycles. The van der Waals surface area contributed by atoms with E-state index in [1.807, 2.05) is 25.1 Å². The van der Waals surface area contributed by atoms with Crippen molar-refractivity contribution >= 4 is 11.0 Å². The predicted molar refractivity (Wildman–Crippen MR) is 82.5 cm³/mol. The topological polar surface area (TPSA) is 43.8 Å². The zero-order valence-electron chi connectivity index (χ0n) is 12.0. The van der Waals surface area contributed by atoms with Crippen LogP contribution in [0.5, 0.6) is 0 Å². The van der Waals surface area contributed by atoms with Gasteiger partial charge in [0.1, 0.15) is 11.6 Å². The molecule has 0 bridgehead atoms. The van der Waals surface area contributed by atoms with E-state index in [1.54, 1.807) is 6.07 Å². The molecule has 0 saturated carbocycles. The highest BCUT2D eigenvalue weighted by atomic mass is 19.1. The van der Waals surface area contributed by atoms with Crippen molar-refractivity contribution in [2.75, 3.05) is 0 Å². The molecule has 3 aromatic rings. The number of aromatic nitrogens is 2. The Labute approximate surface area is 123 Å². The summed E-state index contributed by atoms with van der Waals surface area (Å²) in [6, 6.07) is 14.7. The molecule has 21 heavy (non-hydrogen) atoms. The second-order valence-corrected chi connectivity index (χ2v) is 5.19. The molecule has 0 amide bonds. The van der Waals surface area contributed by atoms with Crippen LogP contribution in [0.4, 0.5) is 4.39 Å². The summed E-state index contributed by atoms with van der Waals surface area (Å²) in [5.41, 5.74) is 8.92. The normalized spacial score (nSPS) is 12.7. The molecule has 0 saturated heterocycles. The maximum atomic E-state index is 13.4. The van der Waals surface area contributed by atoms with Gasteiger partial charge in [-0.25, -0.2) is 9.37 Å². The van der Waals surface area contributed by atoms with Gasteiger partial charge in [0.2, 0.25) is 0 Å². The van der Waals surface area contributed by atoms with Crippen LogP contribution in [0.1, 0.15) is 30.8 Å². The fraction of sp³-hybridized carbons (Fsp3) is 0.235. The minimum Gasteiger partial charge on any atom is -0.322 e. The van der Waals surface area contributed by atoms with Gasteiger partial charge in [0, 0.05) is 12.6 Å². The van der Waals surface area contributed by atoms with Gasteiger partial charge in [0.15, 0.2) is 0 Å². The molecule has 3 rings (SSSR count). The van der Waals surface area contributed by atoms with Crippen LogP contribution in [0.25, 0.3) is 11.0 Å². The summed E-state index contributed by atoms with van der Waals surface area (Å²) in [4.78, 5) is 4.54. The molecule has 1 aromatic heterocycles. The van der Waals surface area contributed by atoms with E-state index in [4.69, 9.17) is 5.73 Å². The van der Waals surface area contributed by atoms with Crippen LogP contribution in [-0.4, -0.2) is 9.55 Å². The molecule has 0 spiro atoms. The highest BCUT2D eigenvalue weighted by molar-refractivity contribution is 5.76.